The topological polar surface area (TPSA) is 28.2 Å². The van der Waals surface area contributed by atoms with Crippen LogP contribution in [0.3, 0.4) is 0 Å². The lowest BCUT2D eigenvalue weighted by molar-refractivity contribution is 0.576. The van der Waals surface area contributed by atoms with Crippen molar-refractivity contribution in [3.8, 4) is 0 Å². The van der Waals surface area contributed by atoms with Crippen molar-refractivity contribution < 1.29 is 4.39 Å². The van der Waals surface area contributed by atoms with Crippen LogP contribution < -0.4 is 10.2 Å². The quantitative estimate of drug-likeness (QED) is 0.831. The normalized spacial score (nSPS) is 15.4. The Morgan fingerprint density at radius 1 is 1.44 bits per heavy atom. The van der Waals surface area contributed by atoms with Crippen LogP contribution >= 0.6 is 0 Å². The Kier molecular flexibility index (Phi) is 4.31. The first-order chi connectivity index (χ1) is 8.66. The van der Waals surface area contributed by atoms with Crippen molar-refractivity contribution in [3.63, 3.8) is 0 Å². The molecule has 18 heavy (non-hydrogen) atoms. The second-order valence-electron chi connectivity index (χ2n) is 4.88. The Bertz CT molecular complexity index is 429. The molecule has 1 aromatic heterocycles. The third-order valence-corrected chi connectivity index (χ3v) is 2.97. The van der Waals surface area contributed by atoms with Crippen molar-refractivity contribution >= 4 is 5.82 Å². The summed E-state index contributed by atoms with van der Waals surface area (Å²) in [5.41, 5.74) is 0.930. The molecule has 1 N–H and O–H groups in total. The van der Waals surface area contributed by atoms with E-state index < -0.39 is 0 Å². The summed E-state index contributed by atoms with van der Waals surface area (Å²) in [6, 6.07) is 1.96. The fraction of sp³-hybridized carbons (Fsp3) is 0.500. The monoisotopic (exact) mass is 249 g/mol. The molecule has 0 unspecified atom stereocenters. The van der Waals surface area contributed by atoms with Crippen molar-refractivity contribution in [2.24, 2.45) is 0 Å². The second kappa shape index (κ2) is 5.96. The Morgan fingerprint density at radius 3 is 2.94 bits per heavy atom. The van der Waals surface area contributed by atoms with E-state index in [4.69, 9.17) is 0 Å². The van der Waals surface area contributed by atoms with Gasteiger partial charge in [0.15, 0.2) is 0 Å². The lowest BCUT2D eigenvalue weighted by atomic mass is 10.2. The predicted octanol–water partition coefficient (Wildman–Crippen LogP) is 2.49. The summed E-state index contributed by atoms with van der Waals surface area (Å²) in [7, 11) is 0. The molecule has 1 aliphatic rings. The fourth-order valence-corrected chi connectivity index (χ4v) is 2.04. The number of hydrogen-bond acceptors (Lipinski definition) is 3. The van der Waals surface area contributed by atoms with Crippen molar-refractivity contribution in [1.82, 2.24) is 10.3 Å². The molecular formula is C14H20FN3. The summed E-state index contributed by atoms with van der Waals surface area (Å²) in [5, 5.41) is 3.32. The zero-order chi connectivity index (χ0) is 13.0. The number of nitrogens with one attached hydrogen (secondary N) is 1. The molecule has 0 aromatic carbocycles. The first-order valence-electron chi connectivity index (χ1n) is 6.44. The van der Waals surface area contributed by atoms with Gasteiger partial charge in [-0.05, 0) is 12.5 Å². The molecule has 4 heteroatoms. The van der Waals surface area contributed by atoms with Crippen LogP contribution in [0.1, 0.15) is 25.8 Å². The van der Waals surface area contributed by atoms with E-state index in [9.17, 15) is 4.39 Å². The molecule has 0 radical (unpaired) electrons. The minimum Gasteiger partial charge on any atom is -0.352 e. The molecule has 0 aliphatic carbocycles. The van der Waals surface area contributed by atoms with E-state index in [1.807, 2.05) is 0 Å². The molecule has 0 spiro atoms. The summed E-state index contributed by atoms with van der Waals surface area (Å²) in [6.45, 7) is 6.61. The summed E-state index contributed by atoms with van der Waals surface area (Å²) in [6.07, 6.45) is 6.63. The highest BCUT2D eigenvalue weighted by molar-refractivity contribution is 5.48. The minimum absolute atomic E-state index is 0.271. The van der Waals surface area contributed by atoms with Crippen LogP contribution in [0.4, 0.5) is 10.2 Å². The van der Waals surface area contributed by atoms with Gasteiger partial charge in [-0.2, -0.15) is 0 Å². The maximum atomic E-state index is 13.3. The van der Waals surface area contributed by atoms with Gasteiger partial charge in [-0.1, -0.05) is 26.0 Å². The van der Waals surface area contributed by atoms with Crippen LogP contribution in [0, 0.1) is 5.82 Å². The van der Waals surface area contributed by atoms with Gasteiger partial charge in [-0.15, -0.1) is 0 Å². The van der Waals surface area contributed by atoms with E-state index in [1.165, 1.54) is 6.20 Å². The van der Waals surface area contributed by atoms with Gasteiger partial charge < -0.3 is 10.2 Å². The molecule has 0 saturated carbocycles. The molecule has 0 amide bonds. The number of nitrogens with zero attached hydrogens (tertiary/aromatic N) is 2. The largest absolute Gasteiger partial charge is 0.352 e. The fourth-order valence-electron chi connectivity index (χ4n) is 2.04. The van der Waals surface area contributed by atoms with Gasteiger partial charge in [0.1, 0.15) is 11.6 Å². The van der Waals surface area contributed by atoms with Gasteiger partial charge in [0.25, 0.3) is 0 Å². The Morgan fingerprint density at radius 2 is 2.28 bits per heavy atom. The average molecular weight is 249 g/mol. The summed E-state index contributed by atoms with van der Waals surface area (Å²) >= 11 is 0. The highest BCUT2D eigenvalue weighted by atomic mass is 19.1. The van der Waals surface area contributed by atoms with Crippen LogP contribution in [-0.2, 0) is 6.54 Å². The summed E-state index contributed by atoms with van der Waals surface area (Å²) in [4.78, 5) is 6.45. The van der Waals surface area contributed by atoms with Gasteiger partial charge in [0.05, 0.1) is 6.20 Å². The van der Waals surface area contributed by atoms with Gasteiger partial charge in [-0.25, -0.2) is 9.37 Å². The maximum absolute atomic E-state index is 13.3. The van der Waals surface area contributed by atoms with Gasteiger partial charge in [0, 0.05) is 31.2 Å². The third kappa shape index (κ3) is 3.29. The van der Waals surface area contributed by atoms with Crippen LogP contribution in [0.15, 0.2) is 24.4 Å². The Balaban J connectivity index is 2.19. The van der Waals surface area contributed by atoms with Crippen LogP contribution in [-0.4, -0.2) is 24.1 Å². The SMILES string of the molecule is CC(C)NCc1cc(F)cnc1N1CC=CCC1. The van der Waals surface area contributed by atoms with Crippen LogP contribution in [0.5, 0.6) is 0 Å². The maximum Gasteiger partial charge on any atom is 0.141 e. The van der Waals surface area contributed by atoms with E-state index >= 15 is 0 Å². The molecule has 0 fully saturated rings. The van der Waals surface area contributed by atoms with Gasteiger partial charge >= 0.3 is 0 Å². The molecule has 3 nitrogen and oxygen atoms in total. The van der Waals surface area contributed by atoms with Crippen molar-refractivity contribution in [2.75, 3.05) is 18.0 Å². The zero-order valence-electron chi connectivity index (χ0n) is 11.0. The minimum atomic E-state index is -0.271. The number of aromatic nitrogens is 1. The van der Waals surface area contributed by atoms with E-state index in [-0.39, 0.29) is 5.82 Å². The van der Waals surface area contributed by atoms with E-state index in [1.54, 1.807) is 6.07 Å². The zero-order valence-corrected chi connectivity index (χ0v) is 11.0. The number of halogens is 1. The first-order valence-corrected chi connectivity index (χ1v) is 6.44. The van der Waals surface area contributed by atoms with Crippen molar-refractivity contribution in [2.45, 2.75) is 32.9 Å². The lowest BCUT2D eigenvalue weighted by Gasteiger charge is -2.27. The molecule has 98 valence electrons. The molecule has 1 aromatic rings. The van der Waals surface area contributed by atoms with Crippen LogP contribution in [0.25, 0.3) is 0 Å². The smallest absolute Gasteiger partial charge is 0.141 e. The van der Waals surface area contributed by atoms with E-state index in [0.29, 0.717) is 12.6 Å². The highest BCUT2D eigenvalue weighted by Crippen LogP contribution is 2.20. The van der Waals surface area contributed by atoms with Crippen LogP contribution in [0.2, 0.25) is 0 Å². The van der Waals surface area contributed by atoms with Gasteiger partial charge in [-0.3, -0.25) is 0 Å². The average Bonchev–Trinajstić information content (AvgIpc) is 2.37. The van der Waals surface area contributed by atoms with Crippen molar-refractivity contribution in [3.05, 3.63) is 35.8 Å². The first kappa shape index (κ1) is 13.0. The van der Waals surface area contributed by atoms with Gasteiger partial charge in [0.2, 0.25) is 0 Å². The predicted molar refractivity (Wildman–Crippen MR) is 72.1 cm³/mol. The third-order valence-electron chi connectivity index (χ3n) is 2.97. The number of rotatable bonds is 4. The summed E-state index contributed by atoms with van der Waals surface area (Å²) < 4.78 is 13.3. The number of pyridine rings is 1. The molecule has 0 atom stereocenters. The molecular weight excluding hydrogens is 229 g/mol. The van der Waals surface area contributed by atoms with E-state index in [0.717, 1.165) is 30.9 Å². The van der Waals surface area contributed by atoms with Crippen molar-refractivity contribution in [1.29, 1.82) is 0 Å². The standard InChI is InChI=1S/C14H20FN3/c1-11(2)16-9-12-8-13(15)10-17-14(12)18-6-4-3-5-7-18/h3-4,8,10-11,16H,5-7,9H2,1-2H3. The lowest BCUT2D eigenvalue weighted by Crippen LogP contribution is -2.30. The number of hydrogen-bond donors (Lipinski definition) is 1. The molecule has 2 rings (SSSR count). The molecule has 2 heterocycles. The number of anilines is 1. The molecule has 1 aliphatic heterocycles. The van der Waals surface area contributed by atoms with E-state index in [2.05, 4.69) is 41.2 Å². The second-order valence-corrected chi connectivity index (χ2v) is 4.88. The molecule has 0 saturated heterocycles. The molecule has 0 bridgehead atoms. The Hall–Kier alpha value is -1.42. The Labute approximate surface area is 108 Å². The summed E-state index contributed by atoms with van der Waals surface area (Å²) in [5.74, 6) is 0.626. The highest BCUT2D eigenvalue weighted by Gasteiger charge is 2.14.